The Bertz CT molecular complexity index is 371. The normalized spacial score (nSPS) is 41.1. The lowest BCUT2D eigenvalue weighted by Crippen LogP contribution is -2.65. The lowest BCUT2D eigenvalue weighted by molar-refractivity contribution is -0.147. The van der Waals surface area contributed by atoms with Crippen molar-refractivity contribution in [3.05, 3.63) is 0 Å². The van der Waals surface area contributed by atoms with E-state index in [4.69, 9.17) is 9.84 Å². The molecule has 0 saturated carbocycles. The van der Waals surface area contributed by atoms with E-state index in [2.05, 4.69) is 0 Å². The zero-order chi connectivity index (χ0) is 13.5. The number of aliphatic hydroxyl groups excluding tert-OH is 2. The average Bonchev–Trinajstić information content (AvgIpc) is 2.65. The van der Waals surface area contributed by atoms with Gasteiger partial charge in [-0.15, -0.1) is 0 Å². The molecule has 2 fully saturated rings. The van der Waals surface area contributed by atoms with Crippen LogP contribution in [0.25, 0.3) is 0 Å². The number of β-amino-alcohol motifs (C(OH)–C–C–N with tert-alkyl or cyclic N) is 1. The Morgan fingerprint density at radius 3 is 2.78 bits per heavy atom. The summed E-state index contributed by atoms with van der Waals surface area (Å²) < 4.78 is 5.30. The van der Waals surface area contributed by atoms with Gasteiger partial charge in [0.05, 0.1) is 19.3 Å². The Morgan fingerprint density at radius 2 is 2.22 bits per heavy atom. The second kappa shape index (κ2) is 4.47. The monoisotopic (exact) mass is 260 g/mol. The van der Waals surface area contributed by atoms with Gasteiger partial charge in [-0.05, 0) is 6.92 Å². The number of nitrogens with one attached hydrogen (secondary N) is 1. The molecule has 2 rings (SSSR count). The fourth-order valence-corrected chi connectivity index (χ4v) is 2.08. The first-order valence-corrected chi connectivity index (χ1v) is 5.64. The van der Waals surface area contributed by atoms with Crippen molar-refractivity contribution in [3.8, 4) is 0 Å². The van der Waals surface area contributed by atoms with Crippen LogP contribution in [0, 0.1) is 0 Å². The molecule has 0 aliphatic carbocycles. The maximum absolute atomic E-state index is 11.6. The van der Waals surface area contributed by atoms with Gasteiger partial charge in [0.1, 0.15) is 12.3 Å². The summed E-state index contributed by atoms with van der Waals surface area (Å²) >= 11 is 0. The Hall–Kier alpha value is -1.22. The van der Waals surface area contributed by atoms with Gasteiger partial charge in [0, 0.05) is 6.42 Å². The smallest absolute Gasteiger partial charge is 0.326 e. The van der Waals surface area contributed by atoms with Crippen molar-refractivity contribution in [2.24, 2.45) is 0 Å². The second-order valence-electron chi connectivity index (χ2n) is 4.78. The zero-order valence-electron chi connectivity index (χ0n) is 9.87. The lowest BCUT2D eigenvalue weighted by Gasteiger charge is -2.38. The summed E-state index contributed by atoms with van der Waals surface area (Å²) in [6, 6.07) is -0.678. The standard InChI is InChI=1S/C10H16N2O6/c1-10(17)4-12(9(16)11-8(10)15)7-2-5(14)6(3-13)18-7/h5-7,13-14,17H,2-4H2,1H3,(H,11,15,16)/t5-,6+,7+,10?/m0/s1. The zero-order valence-corrected chi connectivity index (χ0v) is 9.87. The molecule has 3 amide bonds. The minimum absolute atomic E-state index is 0.128. The van der Waals surface area contributed by atoms with Gasteiger partial charge < -0.3 is 20.1 Å². The number of nitrogens with zero attached hydrogens (tertiary/aromatic N) is 1. The molecule has 4 atom stereocenters. The van der Waals surface area contributed by atoms with Gasteiger partial charge in [-0.2, -0.15) is 0 Å². The van der Waals surface area contributed by atoms with Gasteiger partial charge in [-0.25, -0.2) is 4.79 Å². The highest BCUT2D eigenvalue weighted by Crippen LogP contribution is 2.26. The molecule has 2 heterocycles. The van der Waals surface area contributed by atoms with Gasteiger partial charge >= 0.3 is 6.03 Å². The van der Waals surface area contributed by atoms with Crippen molar-refractivity contribution in [1.82, 2.24) is 10.2 Å². The van der Waals surface area contributed by atoms with E-state index in [-0.39, 0.29) is 19.6 Å². The molecule has 2 aliphatic rings. The Balaban J connectivity index is 2.10. The van der Waals surface area contributed by atoms with Crippen LogP contribution in [-0.2, 0) is 9.53 Å². The number of imide groups is 1. The fourth-order valence-electron chi connectivity index (χ4n) is 2.08. The summed E-state index contributed by atoms with van der Waals surface area (Å²) in [5.41, 5.74) is -1.69. The molecule has 2 aliphatic heterocycles. The predicted molar refractivity (Wildman–Crippen MR) is 57.2 cm³/mol. The van der Waals surface area contributed by atoms with E-state index in [0.29, 0.717) is 0 Å². The van der Waals surface area contributed by atoms with Crippen LogP contribution >= 0.6 is 0 Å². The molecule has 8 heteroatoms. The van der Waals surface area contributed by atoms with Gasteiger partial charge in [-0.1, -0.05) is 0 Å². The quantitative estimate of drug-likeness (QED) is 0.445. The first-order valence-electron chi connectivity index (χ1n) is 5.64. The van der Waals surface area contributed by atoms with E-state index in [1.165, 1.54) is 6.92 Å². The van der Waals surface area contributed by atoms with Crippen LogP contribution in [-0.4, -0.2) is 69.3 Å². The molecule has 2 saturated heterocycles. The van der Waals surface area contributed by atoms with Crippen molar-refractivity contribution >= 4 is 11.9 Å². The minimum atomic E-state index is -1.69. The lowest BCUT2D eigenvalue weighted by atomic mass is 10.0. The topological polar surface area (TPSA) is 119 Å². The third kappa shape index (κ3) is 2.19. The number of carbonyl (C=O) groups is 2. The molecule has 8 nitrogen and oxygen atoms in total. The molecule has 0 radical (unpaired) electrons. The molecule has 0 aromatic heterocycles. The van der Waals surface area contributed by atoms with E-state index in [0.717, 1.165) is 4.90 Å². The maximum Gasteiger partial charge on any atom is 0.326 e. The Labute approximate surface area is 103 Å². The first-order chi connectivity index (χ1) is 8.35. The highest BCUT2D eigenvalue weighted by Gasteiger charge is 2.46. The van der Waals surface area contributed by atoms with Crippen LogP contribution in [0.3, 0.4) is 0 Å². The number of ether oxygens (including phenoxy) is 1. The molecule has 102 valence electrons. The third-order valence-electron chi connectivity index (χ3n) is 3.18. The molecule has 18 heavy (non-hydrogen) atoms. The summed E-state index contributed by atoms with van der Waals surface area (Å²) in [5, 5.41) is 30.4. The van der Waals surface area contributed by atoms with E-state index < -0.39 is 36.0 Å². The largest absolute Gasteiger partial charge is 0.394 e. The van der Waals surface area contributed by atoms with Crippen molar-refractivity contribution in [1.29, 1.82) is 0 Å². The van der Waals surface area contributed by atoms with E-state index in [1.54, 1.807) is 0 Å². The second-order valence-corrected chi connectivity index (χ2v) is 4.78. The van der Waals surface area contributed by atoms with Crippen LogP contribution in [0.4, 0.5) is 4.79 Å². The van der Waals surface area contributed by atoms with Crippen LogP contribution in [0.15, 0.2) is 0 Å². The number of hydrogen-bond donors (Lipinski definition) is 4. The first kappa shape index (κ1) is 13.2. The van der Waals surface area contributed by atoms with Gasteiger partial charge in [-0.3, -0.25) is 15.0 Å². The molecule has 0 bridgehead atoms. The van der Waals surface area contributed by atoms with Gasteiger partial charge in [0.2, 0.25) is 0 Å². The third-order valence-corrected chi connectivity index (χ3v) is 3.18. The number of carbonyl (C=O) groups excluding carboxylic acids is 2. The highest BCUT2D eigenvalue weighted by atomic mass is 16.5. The van der Waals surface area contributed by atoms with E-state index >= 15 is 0 Å². The van der Waals surface area contributed by atoms with Crippen LogP contribution < -0.4 is 5.32 Å². The summed E-state index contributed by atoms with van der Waals surface area (Å²) in [4.78, 5) is 24.1. The molecular weight excluding hydrogens is 244 g/mol. The summed E-state index contributed by atoms with van der Waals surface area (Å²) in [7, 11) is 0. The molecule has 1 unspecified atom stereocenters. The fraction of sp³-hybridized carbons (Fsp3) is 0.800. The van der Waals surface area contributed by atoms with Crippen LogP contribution in [0.2, 0.25) is 0 Å². The molecular formula is C10H16N2O6. The van der Waals surface area contributed by atoms with Gasteiger partial charge in [0.25, 0.3) is 5.91 Å². The molecule has 0 spiro atoms. The van der Waals surface area contributed by atoms with Crippen molar-refractivity contribution in [2.75, 3.05) is 13.2 Å². The maximum atomic E-state index is 11.6. The number of rotatable bonds is 2. The predicted octanol–water partition coefficient (Wildman–Crippen LogP) is -2.24. The molecule has 0 aromatic carbocycles. The van der Waals surface area contributed by atoms with Crippen molar-refractivity contribution in [2.45, 2.75) is 37.4 Å². The molecule has 0 aromatic rings. The van der Waals surface area contributed by atoms with Crippen LogP contribution in [0.5, 0.6) is 0 Å². The number of amides is 3. The Kier molecular flexibility index (Phi) is 3.28. The van der Waals surface area contributed by atoms with Crippen LogP contribution in [0.1, 0.15) is 13.3 Å². The Morgan fingerprint density at radius 1 is 1.56 bits per heavy atom. The van der Waals surface area contributed by atoms with Gasteiger partial charge in [0.15, 0.2) is 5.60 Å². The van der Waals surface area contributed by atoms with Crippen molar-refractivity contribution < 1.29 is 29.6 Å². The summed E-state index contributed by atoms with van der Waals surface area (Å²) in [6.45, 7) is 0.715. The summed E-state index contributed by atoms with van der Waals surface area (Å²) in [5.74, 6) is -0.763. The highest BCUT2D eigenvalue weighted by molar-refractivity contribution is 6.01. The van der Waals surface area contributed by atoms with Crippen molar-refractivity contribution in [3.63, 3.8) is 0 Å². The summed E-state index contributed by atoms with van der Waals surface area (Å²) in [6.07, 6.45) is -2.28. The number of hydrogen-bond acceptors (Lipinski definition) is 6. The average molecular weight is 260 g/mol. The number of urea groups is 1. The molecule has 4 N–H and O–H groups in total. The van der Waals surface area contributed by atoms with E-state index in [1.807, 2.05) is 5.32 Å². The minimum Gasteiger partial charge on any atom is -0.394 e. The SMILES string of the molecule is CC1(O)CN([C@H]2C[C@H](O)[C@@H](CO)O2)C(=O)NC1=O. The van der Waals surface area contributed by atoms with E-state index in [9.17, 15) is 19.8 Å². The number of aliphatic hydroxyl groups is 3.